The van der Waals surface area contributed by atoms with E-state index in [9.17, 15) is 19.5 Å². The summed E-state index contributed by atoms with van der Waals surface area (Å²) in [4.78, 5) is 43.0. The minimum absolute atomic E-state index is 0.0434. The Hall–Kier alpha value is -2.91. The summed E-state index contributed by atoms with van der Waals surface area (Å²) in [6.07, 6.45) is 5.33. The number of fused-ring (bicyclic) bond motifs is 3. The van der Waals surface area contributed by atoms with Crippen LogP contribution in [0.4, 0.5) is 4.79 Å². The van der Waals surface area contributed by atoms with E-state index < -0.39 is 0 Å². The summed E-state index contributed by atoms with van der Waals surface area (Å²) in [5.74, 6) is -0.287. The van der Waals surface area contributed by atoms with Crippen LogP contribution in [0.15, 0.2) is 35.1 Å². The monoisotopic (exact) mass is 524 g/mol. The number of para-hydroxylation sites is 1. The third-order valence-corrected chi connectivity index (χ3v) is 8.43. The van der Waals surface area contributed by atoms with Gasteiger partial charge in [0.15, 0.2) is 0 Å². The molecule has 0 radical (unpaired) electrons. The SMILES string of the molecule is CC(C)n1c(=O)c(C(=O)NC2C[C@H]3CC[C@@H](C2)N3CCCOC(=O)N2CCC(O)CC2)cc2ccccc21. The van der Waals surface area contributed by atoms with Crippen molar-refractivity contribution in [3.05, 3.63) is 46.2 Å². The molecule has 2 bridgehead atoms. The minimum atomic E-state index is -0.312. The largest absolute Gasteiger partial charge is 0.449 e. The van der Waals surface area contributed by atoms with Crippen molar-refractivity contribution >= 4 is 22.9 Å². The molecule has 2 aromatic rings. The highest BCUT2D eigenvalue weighted by Gasteiger charge is 2.41. The number of carbonyl (C=O) groups excluding carboxylic acids is 2. The van der Waals surface area contributed by atoms with Crippen LogP contribution < -0.4 is 10.9 Å². The number of nitrogens with zero attached hydrogens (tertiary/aromatic N) is 3. The summed E-state index contributed by atoms with van der Waals surface area (Å²) in [6.45, 7) is 6.28. The van der Waals surface area contributed by atoms with Crippen molar-refractivity contribution in [3.8, 4) is 0 Å². The fourth-order valence-electron chi connectivity index (χ4n) is 6.53. The number of likely N-dealkylation sites (tertiary alicyclic amines) is 1. The van der Waals surface area contributed by atoms with Crippen molar-refractivity contribution in [2.24, 2.45) is 0 Å². The fraction of sp³-hybridized carbons (Fsp3) is 0.621. The molecule has 3 aliphatic rings. The molecule has 3 aliphatic heterocycles. The highest BCUT2D eigenvalue weighted by molar-refractivity contribution is 5.97. The topological polar surface area (TPSA) is 104 Å². The summed E-state index contributed by atoms with van der Waals surface area (Å²) in [5, 5.41) is 13.7. The highest BCUT2D eigenvalue weighted by atomic mass is 16.6. The molecule has 38 heavy (non-hydrogen) atoms. The van der Waals surface area contributed by atoms with E-state index in [4.69, 9.17) is 4.74 Å². The lowest BCUT2D eigenvalue weighted by atomic mass is 9.96. The van der Waals surface area contributed by atoms with Gasteiger partial charge in [0.25, 0.3) is 11.5 Å². The quantitative estimate of drug-likeness (QED) is 0.539. The number of carbonyl (C=O) groups is 2. The second-order valence-electron chi connectivity index (χ2n) is 11.3. The number of benzene rings is 1. The number of pyridine rings is 1. The summed E-state index contributed by atoms with van der Waals surface area (Å²) < 4.78 is 7.19. The van der Waals surface area contributed by atoms with Gasteiger partial charge in [0.1, 0.15) is 5.56 Å². The molecule has 206 valence electrons. The Bertz CT molecular complexity index is 1210. The predicted molar refractivity (Wildman–Crippen MR) is 145 cm³/mol. The third-order valence-electron chi connectivity index (χ3n) is 8.43. The van der Waals surface area contributed by atoms with Crippen LogP contribution in [0.3, 0.4) is 0 Å². The Morgan fingerprint density at radius 3 is 2.45 bits per heavy atom. The van der Waals surface area contributed by atoms with Gasteiger partial charge in [-0.1, -0.05) is 18.2 Å². The molecule has 0 aliphatic carbocycles. The van der Waals surface area contributed by atoms with Crippen molar-refractivity contribution < 1.29 is 19.4 Å². The molecular weight excluding hydrogens is 484 g/mol. The number of aromatic nitrogens is 1. The molecule has 4 heterocycles. The molecule has 3 saturated heterocycles. The molecule has 3 atom stereocenters. The van der Waals surface area contributed by atoms with Gasteiger partial charge in [-0.2, -0.15) is 0 Å². The number of nitrogens with one attached hydrogen (secondary N) is 1. The van der Waals surface area contributed by atoms with Gasteiger partial charge in [0.2, 0.25) is 0 Å². The second kappa shape index (κ2) is 11.5. The van der Waals surface area contributed by atoms with Crippen LogP contribution in [0.5, 0.6) is 0 Å². The average Bonchev–Trinajstić information content (AvgIpc) is 3.13. The normalized spacial score (nSPS) is 24.2. The van der Waals surface area contributed by atoms with E-state index in [1.54, 1.807) is 15.5 Å². The number of rotatable bonds is 7. The zero-order chi connectivity index (χ0) is 26.8. The van der Waals surface area contributed by atoms with Crippen molar-refractivity contribution in [1.82, 2.24) is 19.7 Å². The molecule has 2 N–H and O–H groups in total. The van der Waals surface area contributed by atoms with Crippen molar-refractivity contribution in [1.29, 1.82) is 0 Å². The molecule has 9 heteroatoms. The molecule has 2 amide bonds. The first-order chi connectivity index (χ1) is 18.3. The van der Waals surface area contributed by atoms with Crippen LogP contribution in [0.1, 0.15) is 75.2 Å². The van der Waals surface area contributed by atoms with Gasteiger partial charge in [-0.05, 0) is 76.3 Å². The first-order valence-corrected chi connectivity index (χ1v) is 14.1. The number of piperidine rings is 2. The lowest BCUT2D eigenvalue weighted by molar-refractivity contribution is 0.0541. The van der Waals surface area contributed by atoms with Gasteiger partial charge in [-0.15, -0.1) is 0 Å². The molecule has 9 nitrogen and oxygen atoms in total. The van der Waals surface area contributed by atoms with Crippen LogP contribution in [0.25, 0.3) is 10.9 Å². The van der Waals surface area contributed by atoms with Crippen LogP contribution in [-0.2, 0) is 4.74 Å². The van der Waals surface area contributed by atoms with Gasteiger partial charge in [-0.25, -0.2) is 4.79 Å². The Morgan fingerprint density at radius 2 is 1.76 bits per heavy atom. The molecule has 0 saturated carbocycles. The van der Waals surface area contributed by atoms with E-state index in [2.05, 4.69) is 10.2 Å². The van der Waals surface area contributed by atoms with Gasteiger partial charge in [-0.3, -0.25) is 14.5 Å². The predicted octanol–water partition coefficient (Wildman–Crippen LogP) is 3.29. The first kappa shape index (κ1) is 26.7. The van der Waals surface area contributed by atoms with Gasteiger partial charge < -0.3 is 24.6 Å². The third kappa shape index (κ3) is 5.59. The Morgan fingerprint density at radius 1 is 1.08 bits per heavy atom. The van der Waals surface area contributed by atoms with E-state index in [0.29, 0.717) is 44.6 Å². The van der Waals surface area contributed by atoms with Crippen LogP contribution >= 0.6 is 0 Å². The number of aliphatic hydroxyl groups excluding tert-OH is 1. The number of hydrogen-bond acceptors (Lipinski definition) is 6. The van der Waals surface area contributed by atoms with E-state index in [-0.39, 0.29) is 41.3 Å². The van der Waals surface area contributed by atoms with E-state index in [0.717, 1.165) is 49.6 Å². The molecular formula is C29H40N4O5. The lowest BCUT2D eigenvalue weighted by Crippen LogP contribution is -2.51. The fourth-order valence-corrected chi connectivity index (χ4v) is 6.53. The number of ether oxygens (including phenoxy) is 1. The van der Waals surface area contributed by atoms with E-state index >= 15 is 0 Å². The van der Waals surface area contributed by atoms with E-state index in [1.165, 1.54) is 0 Å². The van der Waals surface area contributed by atoms with Gasteiger partial charge >= 0.3 is 6.09 Å². The van der Waals surface area contributed by atoms with Crippen molar-refractivity contribution in [2.45, 2.75) is 89.1 Å². The zero-order valence-corrected chi connectivity index (χ0v) is 22.5. The summed E-state index contributed by atoms with van der Waals surface area (Å²) in [7, 11) is 0. The maximum absolute atomic E-state index is 13.3. The van der Waals surface area contributed by atoms with Crippen molar-refractivity contribution in [3.63, 3.8) is 0 Å². The second-order valence-corrected chi connectivity index (χ2v) is 11.3. The Labute approximate surface area is 223 Å². The van der Waals surface area contributed by atoms with Crippen LogP contribution in [0.2, 0.25) is 0 Å². The number of hydrogen-bond donors (Lipinski definition) is 2. The molecule has 5 rings (SSSR count). The van der Waals surface area contributed by atoms with Crippen molar-refractivity contribution in [2.75, 3.05) is 26.2 Å². The smallest absolute Gasteiger partial charge is 0.409 e. The van der Waals surface area contributed by atoms with Gasteiger partial charge in [0.05, 0.1) is 18.2 Å². The molecule has 1 aromatic carbocycles. The summed E-state index contributed by atoms with van der Waals surface area (Å²) in [5.41, 5.74) is 0.805. The Balaban J connectivity index is 1.14. The summed E-state index contributed by atoms with van der Waals surface area (Å²) >= 11 is 0. The minimum Gasteiger partial charge on any atom is -0.449 e. The number of amides is 2. The molecule has 1 aromatic heterocycles. The first-order valence-electron chi connectivity index (χ1n) is 14.1. The van der Waals surface area contributed by atoms with Gasteiger partial charge in [0, 0.05) is 43.8 Å². The van der Waals surface area contributed by atoms with E-state index in [1.807, 2.05) is 38.1 Å². The summed E-state index contributed by atoms with van der Waals surface area (Å²) in [6, 6.07) is 10.2. The van der Waals surface area contributed by atoms with Crippen LogP contribution in [-0.4, -0.2) is 81.9 Å². The maximum atomic E-state index is 13.3. The number of aliphatic hydroxyl groups is 1. The average molecular weight is 525 g/mol. The highest BCUT2D eigenvalue weighted by Crippen LogP contribution is 2.36. The molecule has 1 unspecified atom stereocenters. The lowest BCUT2D eigenvalue weighted by Gasteiger charge is -2.39. The Kier molecular flexibility index (Phi) is 8.04. The maximum Gasteiger partial charge on any atom is 0.409 e. The zero-order valence-electron chi connectivity index (χ0n) is 22.5. The van der Waals surface area contributed by atoms with Crippen LogP contribution in [0, 0.1) is 0 Å². The molecule has 3 fully saturated rings. The molecule has 0 spiro atoms. The standard InChI is InChI=1S/C29H40N4O5/c1-19(2)33-26-7-4-3-6-20(26)16-25(28(33)36)27(35)30-21-17-22-8-9-23(18-21)32(22)12-5-15-38-29(37)31-13-10-24(34)11-14-31/h3-4,6-7,16,19,21-24,34H,5,8-15,17-18H2,1-2H3,(H,30,35)/t21?,22-,23+.